The average Bonchev–Trinajstić information content (AvgIpc) is 2.40. The first kappa shape index (κ1) is 14.6. The van der Waals surface area contributed by atoms with Gasteiger partial charge in [0.05, 0.1) is 21.3 Å². The van der Waals surface area contributed by atoms with Crippen LogP contribution in [0.5, 0.6) is 0 Å². The number of anilines is 1. The molecule has 0 amide bonds. The minimum absolute atomic E-state index is 0.0803. The third kappa shape index (κ3) is 3.21. The van der Waals surface area contributed by atoms with Crippen molar-refractivity contribution in [2.45, 2.75) is 6.61 Å². The van der Waals surface area contributed by atoms with E-state index in [0.29, 0.717) is 11.3 Å². The number of carbonyl (C=O) groups excluding carboxylic acids is 1. The number of rotatable bonds is 3. The number of benzene rings is 2. The van der Waals surface area contributed by atoms with E-state index in [4.69, 9.17) is 33.7 Å². The number of hydrogen-bond acceptors (Lipinski definition) is 3. The second-order valence-electron chi connectivity index (χ2n) is 4.02. The van der Waals surface area contributed by atoms with E-state index in [1.807, 2.05) is 0 Å². The molecule has 2 N–H and O–H groups in total. The van der Waals surface area contributed by atoms with Crippen LogP contribution >= 0.6 is 23.2 Å². The molecular weight excluding hydrogens is 304 g/mol. The summed E-state index contributed by atoms with van der Waals surface area (Å²) < 4.78 is 18.0. The maximum Gasteiger partial charge on any atom is 0.340 e. The number of nitrogen functional groups attached to an aromatic ring is 1. The van der Waals surface area contributed by atoms with Gasteiger partial charge in [-0.2, -0.15) is 0 Å². The van der Waals surface area contributed by atoms with Gasteiger partial charge in [-0.25, -0.2) is 9.18 Å². The molecule has 0 atom stereocenters. The summed E-state index contributed by atoms with van der Waals surface area (Å²) in [5.41, 5.74) is 6.57. The summed E-state index contributed by atoms with van der Waals surface area (Å²) >= 11 is 11.8. The zero-order chi connectivity index (χ0) is 14.7. The fraction of sp³-hybridized carbons (Fsp3) is 0.0714. The molecule has 20 heavy (non-hydrogen) atoms. The molecule has 2 rings (SSSR count). The Morgan fingerprint density at radius 2 is 2.00 bits per heavy atom. The van der Waals surface area contributed by atoms with E-state index in [9.17, 15) is 9.18 Å². The molecule has 0 heterocycles. The molecule has 0 aliphatic heterocycles. The SMILES string of the molecule is Nc1cccc(C(=O)OCc2ccc(F)cc2Cl)c1Cl. The summed E-state index contributed by atoms with van der Waals surface area (Å²) in [4.78, 5) is 11.9. The standard InChI is InChI=1S/C14H10Cl2FNO2/c15-11-6-9(17)5-4-8(11)7-20-14(19)10-2-1-3-12(18)13(10)16/h1-6H,7,18H2. The van der Waals surface area contributed by atoms with Crippen LogP contribution in [-0.4, -0.2) is 5.97 Å². The molecule has 0 saturated heterocycles. The summed E-state index contributed by atoms with van der Waals surface area (Å²) in [6.45, 7) is -0.0803. The van der Waals surface area contributed by atoms with Crippen molar-refractivity contribution < 1.29 is 13.9 Å². The molecule has 0 unspecified atom stereocenters. The smallest absolute Gasteiger partial charge is 0.340 e. The van der Waals surface area contributed by atoms with Gasteiger partial charge in [0.25, 0.3) is 0 Å². The second-order valence-corrected chi connectivity index (χ2v) is 4.81. The van der Waals surface area contributed by atoms with Crippen LogP contribution in [0.1, 0.15) is 15.9 Å². The third-order valence-corrected chi connectivity index (χ3v) is 3.40. The lowest BCUT2D eigenvalue weighted by Crippen LogP contribution is -2.07. The predicted molar refractivity (Wildman–Crippen MR) is 76.4 cm³/mol. The lowest BCUT2D eigenvalue weighted by Gasteiger charge is -2.08. The molecular formula is C14H10Cl2FNO2. The second kappa shape index (κ2) is 6.11. The molecule has 0 bridgehead atoms. The van der Waals surface area contributed by atoms with Gasteiger partial charge in [0.2, 0.25) is 0 Å². The lowest BCUT2D eigenvalue weighted by molar-refractivity contribution is 0.0473. The van der Waals surface area contributed by atoms with E-state index in [1.165, 1.54) is 18.2 Å². The Morgan fingerprint density at radius 1 is 1.25 bits per heavy atom. The number of carbonyl (C=O) groups is 1. The van der Waals surface area contributed by atoms with Crippen LogP contribution < -0.4 is 5.73 Å². The van der Waals surface area contributed by atoms with Crippen molar-refractivity contribution in [2.75, 3.05) is 5.73 Å². The Kier molecular flexibility index (Phi) is 4.47. The summed E-state index contributed by atoms with van der Waals surface area (Å²) in [5.74, 6) is -1.08. The highest BCUT2D eigenvalue weighted by molar-refractivity contribution is 6.36. The summed E-state index contributed by atoms with van der Waals surface area (Å²) in [7, 11) is 0. The van der Waals surface area contributed by atoms with E-state index < -0.39 is 11.8 Å². The van der Waals surface area contributed by atoms with Gasteiger partial charge in [0.1, 0.15) is 12.4 Å². The molecule has 2 aromatic carbocycles. The maximum atomic E-state index is 12.9. The molecule has 6 heteroatoms. The molecule has 2 aromatic rings. The molecule has 0 aromatic heterocycles. The van der Waals surface area contributed by atoms with E-state index in [-0.39, 0.29) is 22.2 Å². The first-order valence-corrected chi connectivity index (χ1v) is 6.39. The lowest BCUT2D eigenvalue weighted by atomic mass is 10.2. The van der Waals surface area contributed by atoms with Crippen molar-refractivity contribution in [1.29, 1.82) is 0 Å². The van der Waals surface area contributed by atoms with Gasteiger partial charge in [0.15, 0.2) is 0 Å². The summed E-state index contributed by atoms with van der Waals surface area (Å²) in [6, 6.07) is 8.53. The summed E-state index contributed by atoms with van der Waals surface area (Å²) in [6.07, 6.45) is 0. The number of nitrogens with two attached hydrogens (primary N) is 1. The Balaban J connectivity index is 2.11. The molecule has 0 aliphatic rings. The molecule has 0 spiro atoms. The molecule has 104 valence electrons. The average molecular weight is 314 g/mol. The monoisotopic (exact) mass is 313 g/mol. The van der Waals surface area contributed by atoms with Gasteiger partial charge in [-0.3, -0.25) is 0 Å². The van der Waals surface area contributed by atoms with Crippen molar-refractivity contribution in [3.05, 3.63) is 63.4 Å². The molecule has 3 nitrogen and oxygen atoms in total. The fourth-order valence-corrected chi connectivity index (χ4v) is 1.99. The van der Waals surface area contributed by atoms with Crippen LogP contribution in [0.4, 0.5) is 10.1 Å². The van der Waals surface area contributed by atoms with Crippen LogP contribution in [0.25, 0.3) is 0 Å². The van der Waals surface area contributed by atoms with Crippen molar-refractivity contribution in [2.24, 2.45) is 0 Å². The zero-order valence-electron chi connectivity index (χ0n) is 10.2. The van der Waals surface area contributed by atoms with Crippen LogP contribution in [0, 0.1) is 5.82 Å². The fourth-order valence-electron chi connectivity index (χ4n) is 1.57. The number of ether oxygens (including phenoxy) is 1. The van der Waals surface area contributed by atoms with Crippen LogP contribution in [-0.2, 0) is 11.3 Å². The topological polar surface area (TPSA) is 52.3 Å². The highest BCUT2D eigenvalue weighted by Gasteiger charge is 2.14. The van der Waals surface area contributed by atoms with Crippen molar-refractivity contribution in [3.8, 4) is 0 Å². The van der Waals surface area contributed by atoms with E-state index in [1.54, 1.807) is 12.1 Å². The first-order chi connectivity index (χ1) is 9.49. The minimum atomic E-state index is -0.623. The van der Waals surface area contributed by atoms with Crippen molar-refractivity contribution in [3.63, 3.8) is 0 Å². The Hall–Kier alpha value is -1.78. The van der Waals surface area contributed by atoms with Crippen LogP contribution in [0.3, 0.4) is 0 Å². The third-order valence-electron chi connectivity index (χ3n) is 2.62. The van der Waals surface area contributed by atoms with Gasteiger partial charge in [-0.15, -0.1) is 0 Å². The van der Waals surface area contributed by atoms with Gasteiger partial charge in [0, 0.05) is 5.56 Å². The highest BCUT2D eigenvalue weighted by Crippen LogP contribution is 2.24. The molecule has 0 saturated carbocycles. The highest BCUT2D eigenvalue weighted by atomic mass is 35.5. The molecule has 0 radical (unpaired) electrons. The minimum Gasteiger partial charge on any atom is -0.457 e. The quantitative estimate of drug-likeness (QED) is 0.686. The van der Waals surface area contributed by atoms with E-state index >= 15 is 0 Å². The summed E-state index contributed by atoms with van der Waals surface area (Å²) in [5, 5.41) is 0.333. The maximum absolute atomic E-state index is 12.9. The number of hydrogen-bond donors (Lipinski definition) is 1. The zero-order valence-corrected chi connectivity index (χ0v) is 11.7. The Bertz CT molecular complexity index is 662. The van der Waals surface area contributed by atoms with Gasteiger partial charge in [-0.05, 0) is 24.3 Å². The first-order valence-electron chi connectivity index (χ1n) is 5.64. The van der Waals surface area contributed by atoms with E-state index in [2.05, 4.69) is 0 Å². The molecule has 0 fully saturated rings. The van der Waals surface area contributed by atoms with Gasteiger partial charge in [-0.1, -0.05) is 35.3 Å². The Labute approximate surface area is 125 Å². The normalized spacial score (nSPS) is 10.3. The van der Waals surface area contributed by atoms with Crippen LogP contribution in [0.15, 0.2) is 36.4 Å². The predicted octanol–water partition coefficient (Wildman–Crippen LogP) is 4.07. The number of halogens is 3. The van der Waals surface area contributed by atoms with Crippen LogP contribution in [0.2, 0.25) is 10.0 Å². The molecule has 0 aliphatic carbocycles. The number of esters is 1. The van der Waals surface area contributed by atoms with Gasteiger partial charge < -0.3 is 10.5 Å². The van der Waals surface area contributed by atoms with Gasteiger partial charge >= 0.3 is 5.97 Å². The van der Waals surface area contributed by atoms with Crippen molar-refractivity contribution >= 4 is 34.9 Å². The largest absolute Gasteiger partial charge is 0.457 e. The van der Waals surface area contributed by atoms with Crippen molar-refractivity contribution in [1.82, 2.24) is 0 Å². The van der Waals surface area contributed by atoms with E-state index in [0.717, 1.165) is 6.07 Å². The Morgan fingerprint density at radius 3 is 2.70 bits per heavy atom.